The van der Waals surface area contributed by atoms with E-state index in [4.69, 9.17) is 24.3 Å². The molecule has 11 nitrogen and oxygen atoms in total. The average Bonchev–Trinajstić information content (AvgIpc) is 2.80. The van der Waals surface area contributed by atoms with Crippen LogP contribution < -0.4 is 10.5 Å². The van der Waals surface area contributed by atoms with Crippen LogP contribution in [0, 0.1) is 0 Å². The molecule has 0 saturated heterocycles. The van der Waals surface area contributed by atoms with E-state index in [2.05, 4.69) is 10.5 Å². The molecule has 2 aliphatic rings. The van der Waals surface area contributed by atoms with Gasteiger partial charge in [-0.2, -0.15) is 0 Å². The number of esters is 2. The molecule has 6 N–H and O–H groups in total. The van der Waals surface area contributed by atoms with E-state index < -0.39 is 37.3 Å². The van der Waals surface area contributed by atoms with Gasteiger partial charge in [0.2, 0.25) is 0 Å². The van der Waals surface area contributed by atoms with Crippen molar-refractivity contribution >= 4 is 26.0 Å². The second-order valence-corrected chi connectivity index (χ2v) is 9.45. The van der Waals surface area contributed by atoms with Gasteiger partial charge in [-0.15, -0.1) is 0 Å². The highest BCUT2D eigenvalue weighted by Gasteiger charge is 2.53. The van der Waals surface area contributed by atoms with E-state index in [1.165, 1.54) is 6.82 Å². The fourth-order valence-electron chi connectivity index (χ4n) is 4.39. The van der Waals surface area contributed by atoms with Crippen LogP contribution in [0.4, 0.5) is 0 Å². The number of hydrogen-bond acceptors (Lipinski definition) is 11. The first-order valence-corrected chi connectivity index (χ1v) is 13.2. The molecule has 13 heteroatoms. The molecule has 39 heavy (non-hydrogen) atoms. The van der Waals surface area contributed by atoms with E-state index in [0.29, 0.717) is 45.5 Å². The molecular weight excluding hydrogens is 506 g/mol. The quantitative estimate of drug-likeness (QED) is 0.172. The summed E-state index contributed by atoms with van der Waals surface area (Å²) in [5.74, 6) is -0.711. The topological polar surface area (TPSA) is 167 Å². The Morgan fingerprint density at radius 1 is 0.897 bits per heavy atom. The molecule has 0 radical (unpaired) electrons. The smallest absolute Gasteiger partial charge is 0.374 e. The third-order valence-corrected chi connectivity index (χ3v) is 5.95. The van der Waals surface area contributed by atoms with E-state index in [1.54, 1.807) is 27.6 Å². The zero-order valence-electron chi connectivity index (χ0n) is 23.2. The van der Waals surface area contributed by atoms with Crippen molar-refractivity contribution in [3.8, 4) is 0 Å². The second-order valence-electron chi connectivity index (χ2n) is 9.45. The third-order valence-electron chi connectivity index (χ3n) is 5.95. The van der Waals surface area contributed by atoms with Crippen molar-refractivity contribution in [2.24, 2.45) is 0 Å². The molecule has 0 spiro atoms. The fourth-order valence-corrected chi connectivity index (χ4v) is 4.39. The minimum atomic E-state index is -0.885. The standard InChI is InChI=1S/C15H22BNO4.C8H16BNO4.C2H6O.CH4/c1-3-20-14(18)15(17-16(2)19)9-13(10-15)21-11-12-7-5-4-6-8-12;1-3-14-7(12)8(10-9(2)13)4-6(11)5-8;1-2-3;/h4-8,13,17,19H,3,9-11H2,1-2H3;6,10-11,13H,3-5H2,1-2H3;3H,2H2,1H3;1H4. The first kappa shape index (κ1) is 37.0. The van der Waals surface area contributed by atoms with Crippen molar-refractivity contribution in [1.82, 2.24) is 10.5 Å². The Hall–Kier alpha value is -1.99. The van der Waals surface area contributed by atoms with Crippen molar-refractivity contribution in [3.63, 3.8) is 0 Å². The number of aliphatic hydroxyl groups is 2. The second kappa shape index (κ2) is 18.4. The van der Waals surface area contributed by atoms with Gasteiger partial charge < -0.3 is 44.9 Å². The lowest BCUT2D eigenvalue weighted by Gasteiger charge is -2.46. The van der Waals surface area contributed by atoms with Gasteiger partial charge in [0, 0.05) is 32.3 Å². The normalized spacial score (nSPS) is 24.5. The summed E-state index contributed by atoms with van der Waals surface area (Å²) in [6, 6.07) is 9.91. The van der Waals surface area contributed by atoms with Crippen molar-refractivity contribution in [3.05, 3.63) is 35.9 Å². The molecular formula is C26H48B2N2O9. The van der Waals surface area contributed by atoms with Gasteiger partial charge in [0.15, 0.2) is 0 Å². The van der Waals surface area contributed by atoms with E-state index in [1.807, 2.05) is 30.3 Å². The minimum Gasteiger partial charge on any atom is -0.465 e. The Labute approximate surface area is 233 Å². The number of carbonyl (C=O) groups excluding carboxylic acids is 2. The Bertz CT molecular complexity index is 819. The van der Waals surface area contributed by atoms with Gasteiger partial charge in [0.05, 0.1) is 32.0 Å². The van der Waals surface area contributed by atoms with Crippen molar-refractivity contribution in [1.29, 1.82) is 0 Å². The molecule has 1 aromatic rings. The zero-order valence-corrected chi connectivity index (χ0v) is 23.2. The number of nitrogens with one attached hydrogen (secondary N) is 2. The van der Waals surface area contributed by atoms with Crippen molar-refractivity contribution < 1.29 is 44.1 Å². The Morgan fingerprint density at radius 3 is 1.67 bits per heavy atom. The first-order valence-electron chi connectivity index (χ1n) is 13.2. The highest BCUT2D eigenvalue weighted by molar-refractivity contribution is 6.46. The number of hydrogen-bond donors (Lipinski definition) is 6. The molecule has 0 amide bonds. The van der Waals surface area contributed by atoms with Crippen LogP contribution in [-0.2, 0) is 30.4 Å². The number of ether oxygens (including phenoxy) is 3. The molecule has 3 rings (SSSR count). The number of aliphatic hydroxyl groups excluding tert-OH is 2. The van der Waals surface area contributed by atoms with Crippen LogP contribution in [0.1, 0.15) is 59.4 Å². The highest BCUT2D eigenvalue weighted by Crippen LogP contribution is 2.36. The van der Waals surface area contributed by atoms with E-state index in [-0.39, 0.29) is 26.1 Å². The van der Waals surface area contributed by atoms with Crippen LogP contribution in [0.2, 0.25) is 13.6 Å². The van der Waals surface area contributed by atoms with Gasteiger partial charge in [-0.3, -0.25) is 9.59 Å². The van der Waals surface area contributed by atoms with E-state index >= 15 is 0 Å². The summed E-state index contributed by atoms with van der Waals surface area (Å²) < 4.78 is 15.8. The Kier molecular flexibility index (Phi) is 17.4. The predicted molar refractivity (Wildman–Crippen MR) is 152 cm³/mol. The van der Waals surface area contributed by atoms with Crippen LogP contribution in [0.25, 0.3) is 0 Å². The molecule has 222 valence electrons. The molecule has 2 saturated carbocycles. The molecule has 2 aliphatic carbocycles. The van der Waals surface area contributed by atoms with Crippen molar-refractivity contribution in [2.45, 2.75) is 97.4 Å². The molecule has 0 aromatic heterocycles. The third kappa shape index (κ3) is 12.0. The predicted octanol–water partition coefficient (Wildman–Crippen LogP) is 1.15. The van der Waals surface area contributed by atoms with Crippen molar-refractivity contribution in [2.75, 3.05) is 19.8 Å². The molecule has 0 unspecified atom stereocenters. The Morgan fingerprint density at radius 2 is 1.31 bits per heavy atom. The van der Waals surface area contributed by atoms with Crippen LogP contribution in [0.15, 0.2) is 30.3 Å². The summed E-state index contributed by atoms with van der Waals surface area (Å²) in [5.41, 5.74) is -0.593. The van der Waals surface area contributed by atoms with E-state index in [9.17, 15) is 19.7 Å². The molecule has 2 fully saturated rings. The fraction of sp³-hybridized carbons (Fsp3) is 0.692. The van der Waals surface area contributed by atoms with Gasteiger partial charge in [-0.25, -0.2) is 0 Å². The van der Waals surface area contributed by atoms with Gasteiger partial charge in [-0.1, -0.05) is 37.8 Å². The van der Waals surface area contributed by atoms with Gasteiger partial charge in [0.25, 0.3) is 0 Å². The lowest BCUT2D eigenvalue weighted by molar-refractivity contribution is -0.163. The number of carbonyl (C=O) groups is 2. The Balaban J connectivity index is 0.000000698. The molecule has 0 bridgehead atoms. The highest BCUT2D eigenvalue weighted by atomic mass is 16.5. The number of rotatable bonds is 11. The molecule has 0 atom stereocenters. The largest absolute Gasteiger partial charge is 0.465 e. The van der Waals surface area contributed by atoms with Crippen LogP contribution >= 0.6 is 0 Å². The van der Waals surface area contributed by atoms with Crippen LogP contribution in [-0.4, -0.2) is 89.4 Å². The van der Waals surface area contributed by atoms with Gasteiger partial charge in [-0.05, 0) is 40.0 Å². The minimum absolute atomic E-state index is 0. The SMILES string of the molecule is C.CCO.CCOC(=O)C1(NB(C)O)CC(O)C1.CCOC(=O)C1(NB(C)O)CC(OCc2ccccc2)C1. The van der Waals surface area contributed by atoms with Crippen LogP contribution in [0.5, 0.6) is 0 Å². The average molecular weight is 554 g/mol. The van der Waals surface area contributed by atoms with E-state index in [0.717, 1.165) is 5.56 Å². The van der Waals surface area contributed by atoms with Gasteiger partial charge in [0.1, 0.15) is 11.1 Å². The van der Waals surface area contributed by atoms with Gasteiger partial charge >= 0.3 is 26.0 Å². The summed E-state index contributed by atoms with van der Waals surface area (Å²) >= 11 is 0. The summed E-state index contributed by atoms with van der Waals surface area (Å²) in [7, 11) is -1.55. The monoisotopic (exact) mass is 554 g/mol. The summed E-state index contributed by atoms with van der Waals surface area (Å²) in [5, 5.41) is 41.0. The summed E-state index contributed by atoms with van der Waals surface area (Å²) in [6.07, 6.45) is 1.16. The summed E-state index contributed by atoms with van der Waals surface area (Å²) in [4.78, 5) is 23.6. The lowest BCUT2D eigenvalue weighted by Crippen LogP contribution is -2.66. The first-order chi connectivity index (χ1) is 18.0. The maximum atomic E-state index is 12.1. The summed E-state index contributed by atoms with van der Waals surface area (Å²) in [6.45, 7) is 9.72. The number of benzene rings is 1. The van der Waals surface area contributed by atoms with Crippen LogP contribution in [0.3, 0.4) is 0 Å². The lowest BCUT2D eigenvalue weighted by atomic mass is 9.69. The zero-order chi connectivity index (χ0) is 28.8. The molecule has 0 aliphatic heterocycles. The molecule has 0 heterocycles. The molecule has 1 aromatic carbocycles. The maximum absolute atomic E-state index is 12.1. The maximum Gasteiger partial charge on any atom is 0.374 e.